The van der Waals surface area contributed by atoms with E-state index in [9.17, 15) is 0 Å². The fraction of sp³-hybridized carbons (Fsp3) is 0.222. The number of rotatable bonds is 1. The Balaban J connectivity index is 3.16. The van der Waals surface area contributed by atoms with Crippen LogP contribution in [-0.2, 0) is 6.42 Å². The fourth-order valence-corrected chi connectivity index (χ4v) is 1.21. The molecule has 0 bridgehead atoms. The van der Waals surface area contributed by atoms with Crippen LogP contribution in [0.2, 0.25) is 5.02 Å². The van der Waals surface area contributed by atoms with Gasteiger partial charge in [0.1, 0.15) is 0 Å². The van der Waals surface area contributed by atoms with Crippen molar-refractivity contribution in [2.24, 2.45) is 0 Å². The van der Waals surface area contributed by atoms with E-state index >= 15 is 0 Å². The molecule has 62 valence electrons. The molecule has 0 saturated heterocycles. The second kappa shape index (κ2) is 3.46. The third kappa shape index (κ3) is 1.69. The molecule has 0 spiro atoms. The monoisotopic (exact) mass is 180 g/mol. The minimum absolute atomic E-state index is 0.381. The Kier molecular flexibility index (Phi) is 2.57. The summed E-state index contributed by atoms with van der Waals surface area (Å²) in [7, 11) is 0. The zero-order valence-electron chi connectivity index (χ0n) is 6.76. The van der Waals surface area contributed by atoms with Crippen molar-refractivity contribution in [2.45, 2.75) is 13.3 Å². The van der Waals surface area contributed by atoms with Crippen LogP contribution in [0.3, 0.4) is 0 Å². The van der Waals surface area contributed by atoms with E-state index in [0.29, 0.717) is 17.1 Å². The smallest absolute Gasteiger partial charge is 0.0669 e. The molecular formula is C9H9ClN2. The van der Waals surface area contributed by atoms with Crippen molar-refractivity contribution in [3.8, 4) is 6.07 Å². The van der Waals surface area contributed by atoms with Crippen LogP contribution in [-0.4, -0.2) is 0 Å². The maximum Gasteiger partial charge on any atom is 0.0669 e. The van der Waals surface area contributed by atoms with Crippen LogP contribution in [0.15, 0.2) is 12.1 Å². The number of nitrogens with two attached hydrogens (primary N) is 1. The van der Waals surface area contributed by atoms with E-state index in [1.54, 1.807) is 12.1 Å². The molecule has 0 atom stereocenters. The molecular weight excluding hydrogens is 172 g/mol. The highest BCUT2D eigenvalue weighted by atomic mass is 35.5. The molecule has 0 unspecified atom stereocenters. The first-order valence-corrected chi connectivity index (χ1v) is 3.94. The minimum atomic E-state index is 0.381. The second-order valence-corrected chi connectivity index (χ2v) is 3.04. The van der Waals surface area contributed by atoms with E-state index in [4.69, 9.17) is 22.6 Å². The van der Waals surface area contributed by atoms with Crippen molar-refractivity contribution in [3.63, 3.8) is 0 Å². The second-order valence-electron chi connectivity index (χ2n) is 2.64. The topological polar surface area (TPSA) is 49.8 Å². The van der Waals surface area contributed by atoms with Gasteiger partial charge in [-0.3, -0.25) is 0 Å². The lowest BCUT2D eigenvalue weighted by Gasteiger charge is -2.04. The van der Waals surface area contributed by atoms with Gasteiger partial charge in [0, 0.05) is 0 Å². The number of nitrogen functional groups attached to an aromatic ring is 1. The van der Waals surface area contributed by atoms with Crippen LogP contribution in [0, 0.1) is 18.3 Å². The summed E-state index contributed by atoms with van der Waals surface area (Å²) in [6, 6.07) is 5.60. The number of aryl methyl sites for hydroxylation is 1. The Morgan fingerprint density at radius 2 is 2.25 bits per heavy atom. The van der Waals surface area contributed by atoms with Gasteiger partial charge >= 0.3 is 0 Å². The lowest BCUT2D eigenvalue weighted by atomic mass is 10.1. The van der Waals surface area contributed by atoms with Gasteiger partial charge in [0.25, 0.3) is 0 Å². The molecule has 2 nitrogen and oxygen atoms in total. The third-order valence-corrected chi connectivity index (χ3v) is 2.05. The number of nitrogens with zero attached hydrogens (tertiary/aromatic N) is 1. The molecule has 0 amide bonds. The first-order valence-electron chi connectivity index (χ1n) is 3.56. The highest BCUT2D eigenvalue weighted by molar-refractivity contribution is 6.33. The third-order valence-electron chi connectivity index (χ3n) is 1.72. The first-order chi connectivity index (χ1) is 5.65. The molecule has 12 heavy (non-hydrogen) atoms. The molecule has 0 heterocycles. The van der Waals surface area contributed by atoms with Gasteiger partial charge < -0.3 is 5.73 Å². The quantitative estimate of drug-likeness (QED) is 0.675. The number of hydrogen-bond acceptors (Lipinski definition) is 2. The average molecular weight is 181 g/mol. The molecule has 1 rings (SSSR count). The summed E-state index contributed by atoms with van der Waals surface area (Å²) in [6.45, 7) is 1.92. The fourth-order valence-electron chi connectivity index (χ4n) is 1.02. The van der Waals surface area contributed by atoms with Gasteiger partial charge in [-0.1, -0.05) is 11.6 Å². The number of nitriles is 1. The van der Waals surface area contributed by atoms with Crippen molar-refractivity contribution < 1.29 is 0 Å². The van der Waals surface area contributed by atoms with E-state index in [1.807, 2.05) is 6.92 Å². The molecule has 0 radical (unpaired) electrons. The van der Waals surface area contributed by atoms with Crippen LogP contribution in [0.25, 0.3) is 0 Å². The molecule has 0 aliphatic rings. The van der Waals surface area contributed by atoms with Crippen molar-refractivity contribution in [2.75, 3.05) is 5.73 Å². The number of hydrogen-bond donors (Lipinski definition) is 1. The zero-order valence-corrected chi connectivity index (χ0v) is 7.52. The summed E-state index contributed by atoms with van der Waals surface area (Å²) in [5, 5.41) is 9.00. The summed E-state index contributed by atoms with van der Waals surface area (Å²) >= 11 is 5.79. The van der Waals surface area contributed by atoms with Crippen molar-refractivity contribution in [1.29, 1.82) is 5.26 Å². The summed E-state index contributed by atoms with van der Waals surface area (Å²) in [5.41, 5.74) is 8.09. The summed E-state index contributed by atoms with van der Waals surface area (Å²) in [4.78, 5) is 0. The predicted molar refractivity (Wildman–Crippen MR) is 49.9 cm³/mol. The zero-order chi connectivity index (χ0) is 9.14. The molecule has 0 aliphatic carbocycles. The van der Waals surface area contributed by atoms with Crippen LogP contribution >= 0.6 is 11.6 Å². The summed E-state index contributed by atoms with van der Waals surface area (Å²) in [5.74, 6) is 0. The number of benzene rings is 1. The summed E-state index contributed by atoms with van der Waals surface area (Å²) in [6.07, 6.45) is 0.381. The first kappa shape index (κ1) is 8.89. The molecule has 1 aromatic carbocycles. The van der Waals surface area contributed by atoms with Gasteiger partial charge in [-0.25, -0.2) is 0 Å². The van der Waals surface area contributed by atoms with Gasteiger partial charge in [-0.05, 0) is 30.2 Å². The van der Waals surface area contributed by atoms with Crippen molar-refractivity contribution in [3.05, 3.63) is 28.3 Å². The van der Waals surface area contributed by atoms with E-state index in [1.165, 1.54) is 0 Å². The van der Waals surface area contributed by atoms with Gasteiger partial charge in [-0.15, -0.1) is 0 Å². The van der Waals surface area contributed by atoms with Gasteiger partial charge in [-0.2, -0.15) is 5.26 Å². The lowest BCUT2D eigenvalue weighted by molar-refractivity contribution is 1.21. The van der Waals surface area contributed by atoms with Crippen LogP contribution in [0.1, 0.15) is 11.1 Å². The largest absolute Gasteiger partial charge is 0.398 e. The summed E-state index contributed by atoms with van der Waals surface area (Å²) < 4.78 is 0. The molecule has 0 aliphatic heterocycles. The number of anilines is 1. The highest BCUT2D eigenvalue weighted by Crippen LogP contribution is 2.23. The highest BCUT2D eigenvalue weighted by Gasteiger charge is 2.02. The van der Waals surface area contributed by atoms with E-state index in [0.717, 1.165) is 11.1 Å². The Morgan fingerprint density at radius 1 is 1.58 bits per heavy atom. The number of halogens is 1. The van der Waals surface area contributed by atoms with E-state index < -0.39 is 0 Å². The minimum Gasteiger partial charge on any atom is -0.398 e. The van der Waals surface area contributed by atoms with Gasteiger partial charge in [0.2, 0.25) is 0 Å². The predicted octanol–water partition coefficient (Wildman–Crippen LogP) is 2.30. The Labute approximate surface area is 76.6 Å². The maximum atomic E-state index is 8.48. The normalized spacial score (nSPS) is 9.42. The van der Waals surface area contributed by atoms with Gasteiger partial charge in [0.05, 0.1) is 23.2 Å². The molecule has 0 fully saturated rings. The Bertz CT molecular complexity index is 339. The van der Waals surface area contributed by atoms with Crippen LogP contribution < -0.4 is 5.73 Å². The van der Waals surface area contributed by atoms with Crippen molar-refractivity contribution >= 4 is 17.3 Å². The molecule has 1 aromatic rings. The average Bonchev–Trinajstić information content (AvgIpc) is 2.01. The van der Waals surface area contributed by atoms with Crippen LogP contribution in [0.4, 0.5) is 5.69 Å². The molecule has 3 heteroatoms. The molecule has 2 N–H and O–H groups in total. The molecule has 0 aromatic heterocycles. The van der Waals surface area contributed by atoms with E-state index in [2.05, 4.69) is 6.07 Å². The van der Waals surface area contributed by atoms with Crippen LogP contribution in [0.5, 0.6) is 0 Å². The standard InChI is InChI=1S/C9H9ClN2/c1-6-4-9(12)8(10)5-7(6)2-3-11/h4-5H,2,12H2,1H3. The van der Waals surface area contributed by atoms with E-state index in [-0.39, 0.29) is 0 Å². The SMILES string of the molecule is Cc1cc(N)c(Cl)cc1CC#N. The van der Waals surface area contributed by atoms with Gasteiger partial charge in [0.15, 0.2) is 0 Å². The van der Waals surface area contributed by atoms with Crippen molar-refractivity contribution in [1.82, 2.24) is 0 Å². The Morgan fingerprint density at radius 3 is 2.83 bits per heavy atom. The lowest BCUT2D eigenvalue weighted by Crippen LogP contribution is -1.92. The maximum absolute atomic E-state index is 8.48. The molecule has 0 saturated carbocycles. The Hall–Kier alpha value is -1.20.